The highest BCUT2D eigenvalue weighted by Gasteiger charge is 2.49. The molecule has 0 bridgehead atoms. The van der Waals surface area contributed by atoms with E-state index in [4.69, 9.17) is 22.1 Å². The first-order chi connectivity index (χ1) is 14.5. The van der Waals surface area contributed by atoms with Gasteiger partial charge in [0.2, 0.25) is 0 Å². The molecule has 1 aliphatic rings. The molecular weight excluding hydrogens is 414 g/mol. The standard InChI is InChI=1S/C22H47NO5Si2/c1-8-21-20-22(21)29(24-9-2,25-10-3)18-14-16-23(7)17-15-19-30(26-11-4,27-12-5)28-13-6/h20-21H,8-19H2,1-7H3. The van der Waals surface area contributed by atoms with Crippen molar-refractivity contribution >= 4 is 17.4 Å². The quantitative estimate of drug-likeness (QED) is 0.243. The van der Waals surface area contributed by atoms with Crippen molar-refractivity contribution in [2.75, 3.05) is 53.2 Å². The van der Waals surface area contributed by atoms with Crippen LogP contribution in [0.4, 0.5) is 0 Å². The van der Waals surface area contributed by atoms with Crippen LogP contribution in [-0.4, -0.2) is 75.4 Å². The van der Waals surface area contributed by atoms with E-state index in [1.54, 1.807) is 0 Å². The van der Waals surface area contributed by atoms with E-state index in [1.165, 1.54) is 5.20 Å². The van der Waals surface area contributed by atoms with Gasteiger partial charge in [0.15, 0.2) is 0 Å². The van der Waals surface area contributed by atoms with Crippen molar-refractivity contribution in [1.82, 2.24) is 4.90 Å². The van der Waals surface area contributed by atoms with E-state index in [1.807, 2.05) is 20.8 Å². The minimum atomic E-state index is -2.53. The van der Waals surface area contributed by atoms with Gasteiger partial charge >= 0.3 is 17.4 Å². The largest absolute Gasteiger partial charge is 0.500 e. The molecule has 8 heteroatoms. The number of hydrogen-bond acceptors (Lipinski definition) is 6. The second-order valence-electron chi connectivity index (χ2n) is 7.75. The fraction of sp³-hybridized carbons (Fsp3) is 0.909. The molecule has 0 saturated carbocycles. The van der Waals surface area contributed by atoms with Gasteiger partial charge in [-0.1, -0.05) is 13.0 Å². The molecule has 0 radical (unpaired) electrons. The zero-order valence-corrected chi connectivity index (χ0v) is 22.6. The lowest BCUT2D eigenvalue weighted by Gasteiger charge is -2.30. The van der Waals surface area contributed by atoms with Gasteiger partial charge in [0.25, 0.3) is 0 Å². The summed E-state index contributed by atoms with van der Waals surface area (Å²) in [4.78, 5) is 2.40. The Kier molecular flexibility index (Phi) is 13.9. The molecule has 30 heavy (non-hydrogen) atoms. The minimum absolute atomic E-state index is 0.612. The molecule has 1 rings (SSSR count). The van der Waals surface area contributed by atoms with Gasteiger partial charge in [-0.15, -0.1) is 0 Å². The minimum Gasteiger partial charge on any atom is -0.391 e. The maximum Gasteiger partial charge on any atom is 0.500 e. The normalized spacial score (nSPS) is 16.9. The Balaban J connectivity index is 2.50. The van der Waals surface area contributed by atoms with Crippen LogP contribution in [0.3, 0.4) is 0 Å². The summed E-state index contributed by atoms with van der Waals surface area (Å²) in [6.07, 6.45) is 5.66. The third-order valence-electron chi connectivity index (χ3n) is 5.47. The van der Waals surface area contributed by atoms with Crippen molar-refractivity contribution in [1.29, 1.82) is 0 Å². The summed E-state index contributed by atoms with van der Waals surface area (Å²) >= 11 is 0. The SMILES string of the molecule is CCO[Si](CCCN(C)CCC[Si](OCC)(OCC)C1=CC1CC)(OCC)OCC. The third kappa shape index (κ3) is 8.82. The van der Waals surface area contributed by atoms with Gasteiger partial charge in [-0.3, -0.25) is 0 Å². The number of hydrogen-bond donors (Lipinski definition) is 0. The molecule has 1 unspecified atom stereocenters. The Hall–Kier alpha value is -0.0662. The smallest absolute Gasteiger partial charge is 0.391 e. The molecule has 178 valence electrons. The van der Waals surface area contributed by atoms with Gasteiger partial charge in [-0.2, -0.15) is 0 Å². The first kappa shape index (κ1) is 28.0. The summed E-state index contributed by atoms with van der Waals surface area (Å²) in [5.41, 5.74) is 0. The van der Waals surface area contributed by atoms with Crippen molar-refractivity contribution in [3.63, 3.8) is 0 Å². The molecule has 0 spiro atoms. The van der Waals surface area contributed by atoms with Crippen LogP contribution < -0.4 is 0 Å². The molecule has 0 amide bonds. The maximum absolute atomic E-state index is 6.30. The van der Waals surface area contributed by atoms with Gasteiger partial charge < -0.3 is 27.0 Å². The summed E-state index contributed by atoms with van der Waals surface area (Å²) in [7, 11) is -2.56. The van der Waals surface area contributed by atoms with Gasteiger partial charge in [-0.05, 0) is 91.2 Å². The number of nitrogens with zero attached hydrogens (tertiary/aromatic N) is 1. The highest BCUT2D eigenvalue weighted by molar-refractivity contribution is 6.76. The van der Waals surface area contributed by atoms with E-state index in [9.17, 15) is 0 Å². The molecule has 0 aliphatic heterocycles. The predicted molar refractivity (Wildman–Crippen MR) is 128 cm³/mol. The summed E-state index contributed by atoms with van der Waals surface area (Å²) in [5.74, 6) is 0.612. The zero-order valence-electron chi connectivity index (χ0n) is 20.6. The molecule has 0 saturated heterocycles. The molecule has 0 aromatic rings. The van der Waals surface area contributed by atoms with Gasteiger partial charge in [0, 0.05) is 39.1 Å². The molecular formula is C22H47NO5Si2. The van der Waals surface area contributed by atoms with Gasteiger partial charge in [0.05, 0.1) is 0 Å². The second kappa shape index (κ2) is 14.9. The van der Waals surface area contributed by atoms with Crippen LogP contribution in [0.15, 0.2) is 11.3 Å². The van der Waals surface area contributed by atoms with Gasteiger partial charge in [0.1, 0.15) is 0 Å². The Morgan fingerprint density at radius 3 is 1.60 bits per heavy atom. The lowest BCUT2D eigenvalue weighted by atomic mass is 10.3. The first-order valence-corrected chi connectivity index (χ1v) is 16.0. The van der Waals surface area contributed by atoms with Crippen LogP contribution in [0.1, 0.15) is 60.8 Å². The van der Waals surface area contributed by atoms with E-state index in [0.29, 0.717) is 25.7 Å². The zero-order chi connectivity index (χ0) is 22.5. The highest BCUT2D eigenvalue weighted by Crippen LogP contribution is 2.42. The lowest BCUT2D eigenvalue weighted by molar-refractivity contribution is 0.0701. The Labute approximate surface area is 187 Å². The van der Waals surface area contributed by atoms with Crippen molar-refractivity contribution in [3.05, 3.63) is 11.3 Å². The topological polar surface area (TPSA) is 49.4 Å². The highest BCUT2D eigenvalue weighted by atomic mass is 28.4. The Bertz CT molecular complexity index is 469. The van der Waals surface area contributed by atoms with Crippen molar-refractivity contribution in [2.24, 2.45) is 5.92 Å². The Morgan fingerprint density at radius 1 is 0.733 bits per heavy atom. The first-order valence-electron chi connectivity index (χ1n) is 12.1. The van der Waals surface area contributed by atoms with Crippen molar-refractivity contribution in [3.8, 4) is 0 Å². The molecule has 0 aromatic carbocycles. The monoisotopic (exact) mass is 461 g/mol. The van der Waals surface area contributed by atoms with E-state index >= 15 is 0 Å². The summed E-state index contributed by atoms with van der Waals surface area (Å²) in [6, 6.07) is 1.91. The van der Waals surface area contributed by atoms with Crippen LogP contribution >= 0.6 is 0 Å². The average molecular weight is 462 g/mol. The van der Waals surface area contributed by atoms with Crippen LogP contribution in [0.5, 0.6) is 0 Å². The summed E-state index contributed by atoms with van der Waals surface area (Å²) in [6.45, 7) is 17.9. The van der Waals surface area contributed by atoms with Gasteiger partial charge in [-0.25, -0.2) is 0 Å². The van der Waals surface area contributed by atoms with Crippen molar-refractivity contribution < 1.29 is 22.1 Å². The van der Waals surface area contributed by atoms with Crippen molar-refractivity contribution in [2.45, 2.75) is 72.9 Å². The van der Waals surface area contributed by atoms with Crippen LogP contribution in [0.2, 0.25) is 12.1 Å². The van der Waals surface area contributed by atoms with Crippen LogP contribution in [-0.2, 0) is 22.1 Å². The number of allylic oxidation sites excluding steroid dienone is 2. The van der Waals surface area contributed by atoms with Crippen LogP contribution in [0, 0.1) is 5.92 Å². The summed E-state index contributed by atoms with van der Waals surface area (Å²) in [5, 5.41) is 1.48. The maximum atomic E-state index is 6.30. The number of rotatable bonds is 20. The second-order valence-corrected chi connectivity index (χ2v) is 13.6. The Morgan fingerprint density at radius 2 is 1.20 bits per heavy atom. The molecule has 6 nitrogen and oxygen atoms in total. The molecule has 1 aliphatic carbocycles. The van der Waals surface area contributed by atoms with E-state index in [2.05, 4.69) is 38.8 Å². The van der Waals surface area contributed by atoms with E-state index < -0.39 is 17.4 Å². The fourth-order valence-corrected chi connectivity index (χ4v) is 10.5. The molecule has 0 aromatic heterocycles. The van der Waals surface area contributed by atoms with E-state index in [-0.39, 0.29) is 0 Å². The molecule has 0 heterocycles. The molecule has 1 atom stereocenters. The molecule has 0 fully saturated rings. The molecule has 0 N–H and O–H groups in total. The van der Waals surface area contributed by atoms with E-state index in [0.717, 1.165) is 57.7 Å². The average Bonchev–Trinajstić information content (AvgIpc) is 3.49. The predicted octanol–water partition coefficient (Wildman–Crippen LogP) is 4.77. The fourth-order valence-electron chi connectivity index (χ4n) is 4.14. The summed E-state index contributed by atoms with van der Waals surface area (Å²) < 4.78 is 30.5. The lowest BCUT2D eigenvalue weighted by Crippen LogP contribution is -2.46. The van der Waals surface area contributed by atoms with Crippen LogP contribution in [0.25, 0.3) is 0 Å². The third-order valence-corrected chi connectivity index (χ3v) is 12.6.